The molecule has 0 fully saturated rings. The number of carbonyl (C=O) groups excluding carboxylic acids is 1. The fourth-order valence-corrected chi connectivity index (χ4v) is 2.29. The monoisotopic (exact) mass is 279 g/mol. The Labute approximate surface area is 121 Å². The summed E-state index contributed by atoms with van der Waals surface area (Å²) in [5.41, 5.74) is 7.01. The maximum atomic E-state index is 11.6. The number of rotatable bonds is 7. The molecule has 1 aromatic rings. The van der Waals surface area contributed by atoms with Crippen molar-refractivity contribution in [1.29, 1.82) is 0 Å². The Morgan fingerprint density at radius 1 is 1.40 bits per heavy atom. The van der Waals surface area contributed by atoms with E-state index in [1.807, 2.05) is 38.2 Å². The van der Waals surface area contributed by atoms with Gasteiger partial charge in [-0.3, -0.25) is 9.69 Å². The van der Waals surface area contributed by atoms with E-state index in [1.54, 1.807) is 14.2 Å². The molecule has 2 unspecified atom stereocenters. The highest BCUT2D eigenvalue weighted by atomic mass is 16.5. The van der Waals surface area contributed by atoms with Gasteiger partial charge in [0.05, 0.1) is 7.11 Å². The van der Waals surface area contributed by atoms with E-state index >= 15 is 0 Å². The van der Waals surface area contributed by atoms with Crippen molar-refractivity contribution in [2.45, 2.75) is 13.0 Å². The largest absolute Gasteiger partial charge is 0.497 e. The number of benzene rings is 1. The first-order valence-corrected chi connectivity index (χ1v) is 6.79. The standard InChI is InChI=1S/C15H25N3O2/c1-11(15(19)17-2)10-18(3)14(9-16)12-5-7-13(20-4)8-6-12/h5-8,11,14H,9-10,16H2,1-4H3,(H,17,19). The van der Waals surface area contributed by atoms with Crippen LogP contribution in [0.2, 0.25) is 0 Å². The Morgan fingerprint density at radius 2 is 2.00 bits per heavy atom. The minimum atomic E-state index is -0.0719. The Hall–Kier alpha value is -1.59. The van der Waals surface area contributed by atoms with Gasteiger partial charge in [0.2, 0.25) is 5.91 Å². The highest BCUT2D eigenvalue weighted by Gasteiger charge is 2.20. The van der Waals surface area contributed by atoms with E-state index < -0.39 is 0 Å². The van der Waals surface area contributed by atoms with Crippen LogP contribution in [0.25, 0.3) is 0 Å². The summed E-state index contributed by atoms with van der Waals surface area (Å²) in [6.07, 6.45) is 0. The smallest absolute Gasteiger partial charge is 0.223 e. The minimum absolute atomic E-state index is 0.0438. The van der Waals surface area contributed by atoms with Gasteiger partial charge in [-0.1, -0.05) is 19.1 Å². The molecule has 2 atom stereocenters. The first-order valence-electron chi connectivity index (χ1n) is 6.79. The molecule has 0 heterocycles. The molecule has 1 rings (SSSR count). The van der Waals surface area contributed by atoms with Crippen LogP contribution in [-0.2, 0) is 4.79 Å². The summed E-state index contributed by atoms with van der Waals surface area (Å²) in [6.45, 7) is 3.08. The van der Waals surface area contributed by atoms with E-state index in [1.165, 1.54) is 0 Å². The number of nitrogens with one attached hydrogen (secondary N) is 1. The fourth-order valence-electron chi connectivity index (χ4n) is 2.29. The lowest BCUT2D eigenvalue weighted by atomic mass is 10.0. The topological polar surface area (TPSA) is 67.6 Å². The van der Waals surface area contributed by atoms with Gasteiger partial charge in [0.1, 0.15) is 5.75 Å². The van der Waals surface area contributed by atoms with Crippen molar-refractivity contribution in [3.05, 3.63) is 29.8 Å². The van der Waals surface area contributed by atoms with Crippen LogP contribution in [0.1, 0.15) is 18.5 Å². The summed E-state index contributed by atoms with van der Waals surface area (Å²) < 4.78 is 5.16. The van der Waals surface area contributed by atoms with Gasteiger partial charge in [-0.25, -0.2) is 0 Å². The highest BCUT2D eigenvalue weighted by Crippen LogP contribution is 2.22. The second-order valence-electron chi connectivity index (χ2n) is 4.98. The zero-order chi connectivity index (χ0) is 15.1. The molecular weight excluding hydrogens is 254 g/mol. The van der Waals surface area contributed by atoms with Gasteiger partial charge in [-0.05, 0) is 24.7 Å². The SMILES string of the molecule is CNC(=O)C(C)CN(C)C(CN)c1ccc(OC)cc1. The molecule has 0 aliphatic heterocycles. The lowest BCUT2D eigenvalue weighted by molar-refractivity contribution is -0.124. The van der Waals surface area contributed by atoms with Crippen LogP contribution >= 0.6 is 0 Å². The molecule has 3 N–H and O–H groups in total. The number of hydrogen-bond donors (Lipinski definition) is 2. The van der Waals surface area contributed by atoms with Gasteiger partial charge in [0, 0.05) is 32.1 Å². The second-order valence-corrected chi connectivity index (χ2v) is 4.98. The first kappa shape index (κ1) is 16.5. The summed E-state index contributed by atoms with van der Waals surface area (Å²) in [5.74, 6) is 0.797. The molecule has 0 aliphatic rings. The van der Waals surface area contributed by atoms with E-state index in [4.69, 9.17) is 10.5 Å². The predicted octanol–water partition coefficient (Wildman–Crippen LogP) is 1.01. The Morgan fingerprint density at radius 3 is 2.45 bits per heavy atom. The molecule has 5 nitrogen and oxygen atoms in total. The van der Waals surface area contributed by atoms with E-state index in [0.29, 0.717) is 13.1 Å². The van der Waals surface area contributed by atoms with Gasteiger partial charge in [-0.2, -0.15) is 0 Å². The number of ether oxygens (including phenoxy) is 1. The zero-order valence-electron chi connectivity index (χ0n) is 12.7. The van der Waals surface area contributed by atoms with Gasteiger partial charge in [-0.15, -0.1) is 0 Å². The number of nitrogens with two attached hydrogens (primary N) is 1. The lowest BCUT2D eigenvalue weighted by Crippen LogP contribution is -2.38. The van der Waals surface area contributed by atoms with Crippen molar-refractivity contribution in [2.24, 2.45) is 11.7 Å². The Balaban J connectivity index is 2.75. The summed E-state index contributed by atoms with van der Waals surface area (Å²) in [7, 11) is 5.29. The Kier molecular flexibility index (Phi) is 6.48. The minimum Gasteiger partial charge on any atom is -0.497 e. The lowest BCUT2D eigenvalue weighted by Gasteiger charge is -2.29. The predicted molar refractivity (Wildman–Crippen MR) is 80.7 cm³/mol. The molecule has 0 saturated carbocycles. The van der Waals surface area contributed by atoms with Crippen LogP contribution in [0.4, 0.5) is 0 Å². The van der Waals surface area contributed by atoms with Crippen LogP contribution in [-0.4, -0.2) is 45.1 Å². The van der Waals surface area contributed by atoms with Crippen LogP contribution in [0.15, 0.2) is 24.3 Å². The number of methoxy groups -OCH3 is 1. The summed E-state index contributed by atoms with van der Waals surface area (Å²) >= 11 is 0. The average molecular weight is 279 g/mol. The number of carbonyl (C=O) groups is 1. The molecule has 0 spiro atoms. The summed E-state index contributed by atoms with van der Waals surface area (Å²) in [5, 5.41) is 2.67. The average Bonchev–Trinajstić information content (AvgIpc) is 2.47. The van der Waals surface area contributed by atoms with Gasteiger partial charge >= 0.3 is 0 Å². The van der Waals surface area contributed by atoms with E-state index in [-0.39, 0.29) is 17.9 Å². The molecule has 0 bridgehead atoms. The molecule has 0 saturated heterocycles. The molecule has 0 aliphatic carbocycles. The normalized spacial score (nSPS) is 13.9. The van der Waals surface area contributed by atoms with Gasteiger partial charge in [0.25, 0.3) is 0 Å². The molecule has 1 amide bonds. The van der Waals surface area contributed by atoms with Gasteiger partial charge < -0.3 is 15.8 Å². The Bertz CT molecular complexity index is 420. The van der Waals surface area contributed by atoms with Crippen molar-refractivity contribution in [3.63, 3.8) is 0 Å². The third-order valence-electron chi connectivity index (χ3n) is 3.51. The maximum absolute atomic E-state index is 11.6. The van der Waals surface area contributed by atoms with Crippen LogP contribution in [0, 0.1) is 5.92 Å². The molecule has 0 aromatic heterocycles. The van der Waals surface area contributed by atoms with Crippen molar-refractivity contribution < 1.29 is 9.53 Å². The number of nitrogens with zero attached hydrogens (tertiary/aromatic N) is 1. The summed E-state index contributed by atoms with van der Waals surface area (Å²) in [6, 6.07) is 7.96. The zero-order valence-corrected chi connectivity index (χ0v) is 12.7. The van der Waals surface area contributed by atoms with E-state index in [2.05, 4.69) is 10.2 Å². The number of likely N-dealkylation sites (N-methyl/N-ethyl adjacent to an activating group) is 1. The molecule has 112 valence electrons. The third-order valence-corrected chi connectivity index (χ3v) is 3.51. The number of amides is 1. The molecule has 0 radical (unpaired) electrons. The quantitative estimate of drug-likeness (QED) is 0.781. The van der Waals surface area contributed by atoms with Crippen LogP contribution < -0.4 is 15.8 Å². The van der Waals surface area contributed by atoms with Crippen molar-refractivity contribution >= 4 is 5.91 Å². The molecule has 20 heavy (non-hydrogen) atoms. The third kappa shape index (κ3) is 4.21. The van der Waals surface area contributed by atoms with E-state index in [9.17, 15) is 4.79 Å². The molecule has 5 heteroatoms. The van der Waals surface area contributed by atoms with Crippen molar-refractivity contribution in [1.82, 2.24) is 10.2 Å². The summed E-state index contributed by atoms with van der Waals surface area (Å²) in [4.78, 5) is 13.7. The van der Waals surface area contributed by atoms with E-state index in [0.717, 1.165) is 11.3 Å². The fraction of sp³-hybridized carbons (Fsp3) is 0.533. The molecule has 1 aromatic carbocycles. The van der Waals surface area contributed by atoms with Crippen molar-refractivity contribution in [3.8, 4) is 5.75 Å². The van der Waals surface area contributed by atoms with Crippen molar-refractivity contribution in [2.75, 3.05) is 34.3 Å². The number of hydrogen-bond acceptors (Lipinski definition) is 4. The maximum Gasteiger partial charge on any atom is 0.223 e. The highest BCUT2D eigenvalue weighted by molar-refractivity contribution is 5.78. The van der Waals surface area contributed by atoms with Gasteiger partial charge in [0.15, 0.2) is 0 Å². The first-order chi connectivity index (χ1) is 9.53. The molecular formula is C15H25N3O2. The van der Waals surface area contributed by atoms with Crippen LogP contribution in [0.5, 0.6) is 5.75 Å². The van der Waals surface area contributed by atoms with Crippen LogP contribution in [0.3, 0.4) is 0 Å². The second kappa shape index (κ2) is 7.87.